The number of nitrogens with one attached hydrogen (secondary N) is 2. The maximum atomic E-state index is 11.7. The number of nitrogens with zero attached hydrogens (tertiary/aromatic N) is 2. The van der Waals surface area contributed by atoms with E-state index >= 15 is 0 Å². The van der Waals surface area contributed by atoms with E-state index in [1.165, 1.54) is 5.56 Å². The minimum atomic E-state index is 0.0283. The molecule has 0 unspecified atom stereocenters. The van der Waals surface area contributed by atoms with Crippen molar-refractivity contribution in [3.8, 4) is 0 Å². The van der Waals surface area contributed by atoms with Crippen molar-refractivity contribution in [2.75, 3.05) is 13.1 Å². The van der Waals surface area contributed by atoms with Gasteiger partial charge in [-0.3, -0.25) is 9.48 Å². The predicted octanol–water partition coefficient (Wildman–Crippen LogP) is 1.53. The van der Waals surface area contributed by atoms with Crippen LogP contribution in [0.2, 0.25) is 0 Å². The van der Waals surface area contributed by atoms with Crippen LogP contribution in [0.1, 0.15) is 43.6 Å². The van der Waals surface area contributed by atoms with Gasteiger partial charge in [-0.1, -0.05) is 13.8 Å². The predicted molar refractivity (Wildman–Crippen MR) is 77.0 cm³/mol. The smallest absolute Gasteiger partial charge is 0.241 e. The second-order valence-corrected chi connectivity index (χ2v) is 4.83. The van der Waals surface area contributed by atoms with E-state index in [9.17, 15) is 4.79 Å². The molecule has 0 aromatic carbocycles. The Balaban J connectivity index is 2.64. The number of aromatic nitrogens is 2. The van der Waals surface area contributed by atoms with Gasteiger partial charge in [-0.25, -0.2) is 0 Å². The minimum absolute atomic E-state index is 0.0283. The fourth-order valence-corrected chi connectivity index (χ4v) is 1.99. The highest BCUT2D eigenvalue weighted by molar-refractivity contribution is 5.75. The summed E-state index contributed by atoms with van der Waals surface area (Å²) < 4.78 is 1.79. The normalized spacial score (nSPS) is 10.7. The van der Waals surface area contributed by atoms with Gasteiger partial charge >= 0.3 is 0 Å². The third kappa shape index (κ3) is 4.67. The molecule has 1 aromatic heterocycles. The summed E-state index contributed by atoms with van der Waals surface area (Å²) in [5.41, 5.74) is 3.29. The Morgan fingerprint density at radius 1 is 1.21 bits per heavy atom. The molecule has 1 heterocycles. The standard InChI is InChI=1S/C14H26N4O/c1-5-7-15-9-13-11(3)17-18(12(13)4)10-14(19)16-8-6-2/h15H,5-10H2,1-4H3,(H,16,19). The number of amides is 1. The van der Waals surface area contributed by atoms with Crippen molar-refractivity contribution < 1.29 is 4.79 Å². The molecule has 0 radical (unpaired) electrons. The monoisotopic (exact) mass is 266 g/mol. The molecule has 0 saturated heterocycles. The first-order valence-corrected chi connectivity index (χ1v) is 7.10. The van der Waals surface area contributed by atoms with Crippen molar-refractivity contribution in [2.24, 2.45) is 0 Å². The SMILES string of the molecule is CCCNCc1c(C)nn(CC(=O)NCCC)c1C. The molecule has 1 rings (SSSR count). The molecule has 1 aromatic rings. The first-order chi connectivity index (χ1) is 9.10. The van der Waals surface area contributed by atoms with E-state index in [2.05, 4.69) is 22.7 Å². The van der Waals surface area contributed by atoms with Gasteiger partial charge in [0.1, 0.15) is 6.54 Å². The second-order valence-electron chi connectivity index (χ2n) is 4.83. The van der Waals surface area contributed by atoms with E-state index in [0.717, 1.165) is 43.9 Å². The summed E-state index contributed by atoms with van der Waals surface area (Å²) in [5.74, 6) is 0.0283. The summed E-state index contributed by atoms with van der Waals surface area (Å²) in [6.07, 6.45) is 2.07. The lowest BCUT2D eigenvalue weighted by Gasteiger charge is -2.07. The second kappa shape index (κ2) is 7.94. The zero-order chi connectivity index (χ0) is 14.3. The van der Waals surface area contributed by atoms with Crippen molar-refractivity contribution >= 4 is 5.91 Å². The largest absolute Gasteiger partial charge is 0.355 e. The molecule has 0 aliphatic heterocycles. The van der Waals surface area contributed by atoms with Gasteiger partial charge in [0.2, 0.25) is 5.91 Å². The molecular formula is C14H26N4O. The molecule has 5 heteroatoms. The molecule has 0 saturated carbocycles. The number of hydrogen-bond donors (Lipinski definition) is 2. The summed E-state index contributed by atoms with van der Waals surface area (Å²) in [4.78, 5) is 11.7. The minimum Gasteiger partial charge on any atom is -0.355 e. The first-order valence-electron chi connectivity index (χ1n) is 7.10. The Bertz CT molecular complexity index is 412. The maximum Gasteiger partial charge on any atom is 0.241 e. The quantitative estimate of drug-likeness (QED) is 0.702. The molecule has 5 nitrogen and oxygen atoms in total. The van der Waals surface area contributed by atoms with Gasteiger partial charge in [0.15, 0.2) is 0 Å². The van der Waals surface area contributed by atoms with Gasteiger partial charge in [-0.2, -0.15) is 5.10 Å². The van der Waals surface area contributed by atoms with Crippen molar-refractivity contribution in [1.29, 1.82) is 0 Å². The summed E-state index contributed by atoms with van der Waals surface area (Å²) in [7, 11) is 0. The summed E-state index contributed by atoms with van der Waals surface area (Å²) >= 11 is 0. The lowest BCUT2D eigenvalue weighted by atomic mass is 10.2. The summed E-state index contributed by atoms with van der Waals surface area (Å²) in [6.45, 7) is 11.1. The zero-order valence-electron chi connectivity index (χ0n) is 12.5. The number of carbonyl (C=O) groups is 1. The van der Waals surface area contributed by atoms with Gasteiger partial charge < -0.3 is 10.6 Å². The fraction of sp³-hybridized carbons (Fsp3) is 0.714. The van der Waals surface area contributed by atoms with Crippen LogP contribution in [0.25, 0.3) is 0 Å². The van der Waals surface area contributed by atoms with Gasteiger partial charge in [0.25, 0.3) is 0 Å². The van der Waals surface area contributed by atoms with Crippen LogP contribution in [-0.2, 0) is 17.9 Å². The average Bonchev–Trinajstić information content (AvgIpc) is 2.64. The van der Waals surface area contributed by atoms with E-state index in [4.69, 9.17) is 0 Å². The molecule has 19 heavy (non-hydrogen) atoms. The maximum absolute atomic E-state index is 11.7. The Morgan fingerprint density at radius 3 is 2.53 bits per heavy atom. The van der Waals surface area contributed by atoms with Crippen LogP contribution in [0.4, 0.5) is 0 Å². The Hall–Kier alpha value is -1.36. The van der Waals surface area contributed by atoms with Crippen LogP contribution in [0, 0.1) is 13.8 Å². The Morgan fingerprint density at radius 2 is 1.89 bits per heavy atom. The Kier molecular flexibility index (Phi) is 6.56. The van der Waals surface area contributed by atoms with Crippen molar-refractivity contribution in [3.05, 3.63) is 17.0 Å². The van der Waals surface area contributed by atoms with E-state index in [-0.39, 0.29) is 5.91 Å². The van der Waals surface area contributed by atoms with E-state index in [1.54, 1.807) is 4.68 Å². The fourth-order valence-electron chi connectivity index (χ4n) is 1.99. The van der Waals surface area contributed by atoms with Crippen LogP contribution in [0.3, 0.4) is 0 Å². The van der Waals surface area contributed by atoms with Gasteiger partial charge in [-0.15, -0.1) is 0 Å². The molecule has 0 bridgehead atoms. The summed E-state index contributed by atoms with van der Waals surface area (Å²) in [6, 6.07) is 0. The molecule has 1 amide bonds. The van der Waals surface area contributed by atoms with Crippen molar-refractivity contribution in [3.63, 3.8) is 0 Å². The van der Waals surface area contributed by atoms with Crippen LogP contribution in [0.5, 0.6) is 0 Å². The molecular weight excluding hydrogens is 240 g/mol. The third-order valence-corrected chi connectivity index (χ3v) is 3.13. The zero-order valence-corrected chi connectivity index (χ0v) is 12.5. The van der Waals surface area contributed by atoms with Crippen molar-refractivity contribution in [2.45, 2.75) is 53.6 Å². The number of hydrogen-bond acceptors (Lipinski definition) is 3. The van der Waals surface area contributed by atoms with Crippen molar-refractivity contribution in [1.82, 2.24) is 20.4 Å². The number of rotatable bonds is 8. The highest BCUT2D eigenvalue weighted by Gasteiger charge is 2.13. The molecule has 0 atom stereocenters. The molecule has 108 valence electrons. The highest BCUT2D eigenvalue weighted by atomic mass is 16.2. The van der Waals surface area contributed by atoms with Crippen LogP contribution in [-0.4, -0.2) is 28.8 Å². The molecule has 0 spiro atoms. The van der Waals surface area contributed by atoms with Crippen LogP contribution >= 0.6 is 0 Å². The lowest BCUT2D eigenvalue weighted by molar-refractivity contribution is -0.121. The molecule has 0 aliphatic rings. The molecule has 0 fully saturated rings. The summed E-state index contributed by atoms with van der Waals surface area (Å²) in [5, 5.41) is 10.7. The first kappa shape index (κ1) is 15.7. The van der Waals surface area contributed by atoms with Gasteiger partial charge in [0, 0.05) is 24.3 Å². The topological polar surface area (TPSA) is 59.0 Å². The van der Waals surface area contributed by atoms with Gasteiger partial charge in [0.05, 0.1) is 5.69 Å². The molecule has 0 aliphatic carbocycles. The van der Waals surface area contributed by atoms with E-state index in [1.807, 2.05) is 20.8 Å². The van der Waals surface area contributed by atoms with Crippen LogP contribution in [0.15, 0.2) is 0 Å². The van der Waals surface area contributed by atoms with E-state index in [0.29, 0.717) is 6.54 Å². The average molecular weight is 266 g/mol. The Labute approximate surface area is 115 Å². The van der Waals surface area contributed by atoms with Crippen LogP contribution < -0.4 is 10.6 Å². The lowest BCUT2D eigenvalue weighted by Crippen LogP contribution is -2.29. The van der Waals surface area contributed by atoms with Gasteiger partial charge in [-0.05, 0) is 33.2 Å². The number of carbonyl (C=O) groups excluding carboxylic acids is 1. The highest BCUT2D eigenvalue weighted by Crippen LogP contribution is 2.12. The van der Waals surface area contributed by atoms with E-state index < -0.39 is 0 Å². The number of aryl methyl sites for hydroxylation is 1. The third-order valence-electron chi connectivity index (χ3n) is 3.13. The molecule has 2 N–H and O–H groups in total.